The van der Waals surface area contributed by atoms with Crippen LogP contribution in [0.5, 0.6) is 5.75 Å². The number of methoxy groups -OCH3 is 1. The molecule has 3 aromatic rings. The Bertz CT molecular complexity index is 1060. The van der Waals surface area contributed by atoms with E-state index in [9.17, 15) is 9.59 Å². The van der Waals surface area contributed by atoms with Gasteiger partial charge in [-0.25, -0.2) is 9.78 Å². The van der Waals surface area contributed by atoms with E-state index in [1.165, 1.54) is 11.3 Å². The second-order valence-electron chi connectivity index (χ2n) is 6.49. The monoisotopic (exact) mass is 394 g/mol. The quantitative estimate of drug-likeness (QED) is 0.680. The number of anilines is 1. The van der Waals surface area contributed by atoms with Crippen LogP contribution in [-0.4, -0.2) is 30.1 Å². The number of ether oxygens (including phenoxy) is 2. The van der Waals surface area contributed by atoms with Gasteiger partial charge in [0.15, 0.2) is 11.2 Å². The number of esters is 1. The number of carbonyl (C=O) groups excluding carboxylic acids is 2. The third kappa shape index (κ3) is 3.48. The Balaban J connectivity index is 1.51. The summed E-state index contributed by atoms with van der Waals surface area (Å²) >= 11 is 1.31. The fourth-order valence-corrected chi connectivity index (χ4v) is 3.85. The summed E-state index contributed by atoms with van der Waals surface area (Å²) in [6.45, 7) is 1.99. The maximum atomic E-state index is 12.6. The Hall–Kier alpha value is -3.19. The molecular weight excluding hydrogens is 376 g/mol. The zero-order valence-corrected chi connectivity index (χ0v) is 16.2. The molecular formula is C21H18N2O4S. The standard InChI is InChI=1S/C21H18N2O4S/c1-12-7-8-17(26-2)15(9-12)16-11-28-21(22-16)23-19(24)18-10-13-5-3-4-6-14(13)20(25)27-18/h3-9,11,18H,10H2,1-2H3,(H,22,23,24)/t18-/m1/s1. The van der Waals surface area contributed by atoms with E-state index in [0.717, 1.165) is 16.7 Å². The topological polar surface area (TPSA) is 77.5 Å². The van der Waals surface area contributed by atoms with Crippen molar-refractivity contribution < 1.29 is 19.1 Å². The summed E-state index contributed by atoms with van der Waals surface area (Å²) in [7, 11) is 1.61. The molecule has 0 bridgehead atoms. The normalized spacial score (nSPS) is 15.5. The molecule has 0 spiro atoms. The van der Waals surface area contributed by atoms with Crippen molar-refractivity contribution in [2.45, 2.75) is 19.4 Å². The first-order valence-electron chi connectivity index (χ1n) is 8.75. The van der Waals surface area contributed by atoms with E-state index in [-0.39, 0.29) is 5.91 Å². The van der Waals surface area contributed by atoms with Gasteiger partial charge >= 0.3 is 5.97 Å². The number of hydrogen-bond acceptors (Lipinski definition) is 6. The van der Waals surface area contributed by atoms with Crippen LogP contribution in [0, 0.1) is 6.92 Å². The first-order valence-corrected chi connectivity index (χ1v) is 9.63. The van der Waals surface area contributed by atoms with Crippen molar-refractivity contribution >= 4 is 28.3 Å². The van der Waals surface area contributed by atoms with E-state index < -0.39 is 12.1 Å². The van der Waals surface area contributed by atoms with Crippen molar-refractivity contribution in [1.82, 2.24) is 4.98 Å². The average Bonchev–Trinajstić information content (AvgIpc) is 3.16. The smallest absolute Gasteiger partial charge is 0.339 e. The maximum absolute atomic E-state index is 12.6. The van der Waals surface area contributed by atoms with Crippen LogP contribution in [0.15, 0.2) is 47.8 Å². The van der Waals surface area contributed by atoms with Gasteiger partial charge in [0.2, 0.25) is 0 Å². The molecule has 0 saturated carbocycles. The lowest BCUT2D eigenvalue weighted by molar-refractivity contribution is -0.125. The van der Waals surface area contributed by atoms with E-state index >= 15 is 0 Å². The number of hydrogen-bond donors (Lipinski definition) is 1. The Labute approximate surface area is 166 Å². The van der Waals surface area contributed by atoms with Crippen molar-refractivity contribution in [2.75, 3.05) is 12.4 Å². The van der Waals surface area contributed by atoms with Gasteiger partial charge in [-0.05, 0) is 30.7 Å². The second-order valence-corrected chi connectivity index (χ2v) is 7.34. The molecule has 142 valence electrons. The summed E-state index contributed by atoms with van der Waals surface area (Å²) in [5.41, 5.74) is 3.98. The Kier molecular flexibility index (Phi) is 4.83. The number of thiazole rings is 1. The number of rotatable bonds is 4. The third-order valence-electron chi connectivity index (χ3n) is 4.55. The van der Waals surface area contributed by atoms with Gasteiger partial charge in [-0.3, -0.25) is 10.1 Å². The summed E-state index contributed by atoms with van der Waals surface area (Å²) in [5.74, 6) is -0.155. The maximum Gasteiger partial charge on any atom is 0.339 e. The molecule has 1 aliphatic rings. The predicted octanol–water partition coefficient (Wildman–Crippen LogP) is 3.85. The zero-order valence-electron chi connectivity index (χ0n) is 15.4. The molecule has 6 nitrogen and oxygen atoms in total. The molecule has 0 saturated heterocycles. The van der Waals surface area contributed by atoms with E-state index in [1.807, 2.05) is 42.6 Å². The third-order valence-corrected chi connectivity index (χ3v) is 5.31. The van der Waals surface area contributed by atoms with Crippen molar-refractivity contribution in [3.05, 3.63) is 64.5 Å². The molecule has 1 aliphatic heterocycles. The van der Waals surface area contributed by atoms with Gasteiger partial charge in [0.1, 0.15) is 5.75 Å². The number of benzene rings is 2. The largest absolute Gasteiger partial charge is 0.496 e. The summed E-state index contributed by atoms with van der Waals surface area (Å²) in [6.07, 6.45) is -0.527. The lowest BCUT2D eigenvalue weighted by Crippen LogP contribution is -2.37. The highest BCUT2D eigenvalue weighted by molar-refractivity contribution is 7.14. The number of amides is 1. The Morgan fingerprint density at radius 2 is 2.07 bits per heavy atom. The van der Waals surface area contributed by atoms with Gasteiger partial charge < -0.3 is 9.47 Å². The van der Waals surface area contributed by atoms with E-state index in [2.05, 4.69) is 10.3 Å². The summed E-state index contributed by atoms with van der Waals surface area (Å²) in [5, 5.41) is 5.05. The van der Waals surface area contributed by atoms with Crippen LogP contribution in [0.4, 0.5) is 5.13 Å². The zero-order chi connectivity index (χ0) is 19.7. The highest BCUT2D eigenvalue weighted by Crippen LogP contribution is 2.33. The fourth-order valence-electron chi connectivity index (χ4n) is 3.14. The molecule has 0 aliphatic carbocycles. The number of nitrogens with one attached hydrogen (secondary N) is 1. The van der Waals surface area contributed by atoms with Crippen LogP contribution >= 0.6 is 11.3 Å². The molecule has 1 atom stereocenters. The number of cyclic esters (lactones) is 1. The SMILES string of the molecule is COc1ccc(C)cc1-c1csc(NC(=O)[C@H]2Cc3ccccc3C(=O)O2)n1. The van der Waals surface area contributed by atoms with E-state index in [0.29, 0.717) is 28.6 Å². The molecule has 0 radical (unpaired) electrons. The molecule has 0 unspecified atom stereocenters. The summed E-state index contributed by atoms with van der Waals surface area (Å²) in [6, 6.07) is 13.0. The number of carbonyl (C=O) groups is 2. The van der Waals surface area contributed by atoms with Gasteiger partial charge in [-0.15, -0.1) is 11.3 Å². The van der Waals surface area contributed by atoms with Gasteiger partial charge in [0.05, 0.1) is 18.4 Å². The average molecular weight is 394 g/mol. The van der Waals surface area contributed by atoms with Crippen molar-refractivity contribution in [1.29, 1.82) is 0 Å². The molecule has 1 aromatic heterocycles. The van der Waals surface area contributed by atoms with Gasteiger partial charge in [-0.1, -0.05) is 29.8 Å². The van der Waals surface area contributed by atoms with Crippen LogP contribution in [0.2, 0.25) is 0 Å². The highest BCUT2D eigenvalue weighted by atomic mass is 32.1. The minimum Gasteiger partial charge on any atom is -0.496 e. The van der Waals surface area contributed by atoms with Crippen molar-refractivity contribution in [2.24, 2.45) is 0 Å². The number of nitrogens with zero attached hydrogens (tertiary/aromatic N) is 1. The fraction of sp³-hybridized carbons (Fsp3) is 0.190. The second kappa shape index (κ2) is 7.44. The number of aryl methyl sites for hydroxylation is 1. The number of aromatic nitrogens is 1. The van der Waals surface area contributed by atoms with Gasteiger partial charge in [-0.2, -0.15) is 0 Å². The molecule has 1 N–H and O–H groups in total. The lowest BCUT2D eigenvalue weighted by atomic mass is 9.98. The van der Waals surface area contributed by atoms with Crippen LogP contribution in [0.25, 0.3) is 11.3 Å². The van der Waals surface area contributed by atoms with Crippen LogP contribution in [-0.2, 0) is 16.0 Å². The minimum atomic E-state index is -0.872. The van der Waals surface area contributed by atoms with Crippen LogP contribution in [0.1, 0.15) is 21.5 Å². The van der Waals surface area contributed by atoms with Crippen LogP contribution in [0.3, 0.4) is 0 Å². The molecule has 2 heterocycles. The highest BCUT2D eigenvalue weighted by Gasteiger charge is 2.31. The first-order chi connectivity index (χ1) is 13.5. The molecule has 28 heavy (non-hydrogen) atoms. The Morgan fingerprint density at radius 1 is 1.25 bits per heavy atom. The van der Waals surface area contributed by atoms with Gasteiger partial charge in [0, 0.05) is 17.4 Å². The van der Waals surface area contributed by atoms with E-state index in [4.69, 9.17) is 9.47 Å². The van der Waals surface area contributed by atoms with Gasteiger partial charge in [0.25, 0.3) is 5.91 Å². The predicted molar refractivity (Wildman–Crippen MR) is 107 cm³/mol. The van der Waals surface area contributed by atoms with Crippen LogP contribution < -0.4 is 10.1 Å². The van der Waals surface area contributed by atoms with E-state index in [1.54, 1.807) is 19.2 Å². The Morgan fingerprint density at radius 3 is 2.89 bits per heavy atom. The van der Waals surface area contributed by atoms with Crippen molar-refractivity contribution in [3.8, 4) is 17.0 Å². The summed E-state index contributed by atoms with van der Waals surface area (Å²) < 4.78 is 10.7. The lowest BCUT2D eigenvalue weighted by Gasteiger charge is -2.23. The molecule has 0 fully saturated rings. The molecule has 1 amide bonds. The molecule has 7 heteroatoms. The molecule has 2 aromatic carbocycles. The minimum absolute atomic E-state index is 0.345. The first kappa shape index (κ1) is 18.2. The summed E-state index contributed by atoms with van der Waals surface area (Å²) in [4.78, 5) is 29.2. The molecule has 4 rings (SSSR count). The van der Waals surface area contributed by atoms with Crippen molar-refractivity contribution in [3.63, 3.8) is 0 Å². The number of fused-ring (bicyclic) bond motifs is 1.